The van der Waals surface area contributed by atoms with E-state index in [0.717, 1.165) is 36.7 Å². The van der Waals surface area contributed by atoms with Crippen molar-refractivity contribution in [2.24, 2.45) is 4.99 Å². The lowest BCUT2D eigenvalue weighted by Crippen LogP contribution is -2.37. The Morgan fingerprint density at radius 1 is 1.33 bits per heavy atom. The summed E-state index contributed by atoms with van der Waals surface area (Å²) in [6.07, 6.45) is 5.34. The first-order chi connectivity index (χ1) is 11.8. The number of piperidine rings is 1. The summed E-state index contributed by atoms with van der Waals surface area (Å²) in [5.41, 5.74) is 1.41. The van der Waals surface area contributed by atoms with Gasteiger partial charge in [-0.05, 0) is 55.0 Å². The third kappa shape index (κ3) is 3.26. The minimum Gasteiger partial charge on any atom is -0.341 e. The molecule has 1 saturated heterocycles. The lowest BCUT2D eigenvalue weighted by atomic mass is 10.0. The van der Waals surface area contributed by atoms with Gasteiger partial charge in [0.05, 0.1) is 23.4 Å². The number of likely N-dealkylation sites (tertiary alicyclic amines) is 1. The Hall–Kier alpha value is -2.40. The third-order valence-electron chi connectivity index (χ3n) is 4.08. The van der Waals surface area contributed by atoms with Crippen LogP contribution >= 0.6 is 11.8 Å². The normalized spacial score (nSPS) is 18.5. The second-order valence-corrected chi connectivity index (χ2v) is 6.28. The van der Waals surface area contributed by atoms with Gasteiger partial charge < -0.3 is 4.90 Å². The second kappa shape index (κ2) is 7.45. The van der Waals surface area contributed by atoms with E-state index in [1.807, 2.05) is 25.4 Å². The van der Waals surface area contributed by atoms with Gasteiger partial charge in [0.1, 0.15) is 0 Å². The molecular formula is C16H19N7S. The van der Waals surface area contributed by atoms with Crippen LogP contribution in [0.25, 0.3) is 5.69 Å². The molecule has 1 fully saturated rings. The van der Waals surface area contributed by atoms with Gasteiger partial charge >= 0.3 is 0 Å². The quantitative estimate of drug-likeness (QED) is 0.616. The van der Waals surface area contributed by atoms with Crippen molar-refractivity contribution in [3.05, 3.63) is 35.7 Å². The maximum Gasteiger partial charge on any atom is 0.197 e. The molecule has 1 aliphatic heterocycles. The highest BCUT2D eigenvalue weighted by Gasteiger charge is 2.29. The van der Waals surface area contributed by atoms with Crippen LogP contribution in [0.3, 0.4) is 0 Å². The summed E-state index contributed by atoms with van der Waals surface area (Å²) < 4.78 is 0. The van der Waals surface area contributed by atoms with Crippen molar-refractivity contribution in [2.45, 2.75) is 25.3 Å². The Morgan fingerprint density at radius 2 is 2.12 bits per heavy atom. The predicted octanol–water partition coefficient (Wildman–Crippen LogP) is 2.41. The van der Waals surface area contributed by atoms with Crippen molar-refractivity contribution < 1.29 is 0 Å². The summed E-state index contributed by atoms with van der Waals surface area (Å²) in [6.45, 7) is 0.962. The van der Waals surface area contributed by atoms with Crippen LogP contribution in [0.4, 0.5) is 0 Å². The number of rotatable bonds is 2. The van der Waals surface area contributed by atoms with E-state index in [2.05, 4.69) is 31.4 Å². The van der Waals surface area contributed by atoms with Gasteiger partial charge in [-0.15, -0.1) is 15.0 Å². The summed E-state index contributed by atoms with van der Waals surface area (Å²) in [5.74, 6) is 0.717. The number of hydrogen-bond donors (Lipinski definition) is 0. The highest BCUT2D eigenvalue weighted by Crippen LogP contribution is 2.30. The molecule has 0 saturated carbocycles. The smallest absolute Gasteiger partial charge is 0.197 e. The van der Waals surface area contributed by atoms with Crippen molar-refractivity contribution in [2.75, 3.05) is 19.8 Å². The molecule has 3 rings (SSSR count). The van der Waals surface area contributed by atoms with E-state index in [1.165, 1.54) is 4.80 Å². The third-order valence-corrected chi connectivity index (χ3v) is 4.86. The van der Waals surface area contributed by atoms with E-state index in [0.29, 0.717) is 11.4 Å². The van der Waals surface area contributed by atoms with Crippen LogP contribution in [0, 0.1) is 11.3 Å². The summed E-state index contributed by atoms with van der Waals surface area (Å²) >= 11 is 1.64. The Balaban J connectivity index is 1.86. The Kier molecular flexibility index (Phi) is 5.11. The van der Waals surface area contributed by atoms with E-state index in [-0.39, 0.29) is 6.04 Å². The molecule has 1 aromatic heterocycles. The molecule has 0 aliphatic carbocycles. The molecule has 1 aliphatic rings. The minimum atomic E-state index is 0.108. The number of amidine groups is 1. The molecule has 124 valence electrons. The van der Waals surface area contributed by atoms with Crippen LogP contribution in [-0.4, -0.2) is 50.1 Å². The number of nitriles is 1. The largest absolute Gasteiger partial charge is 0.341 e. The molecule has 2 aromatic rings. The van der Waals surface area contributed by atoms with Crippen LogP contribution in [0.2, 0.25) is 0 Å². The van der Waals surface area contributed by atoms with E-state index in [1.54, 1.807) is 23.9 Å². The Morgan fingerprint density at radius 3 is 2.79 bits per heavy atom. The molecule has 0 N–H and O–H groups in total. The molecule has 1 aromatic carbocycles. The van der Waals surface area contributed by atoms with Crippen LogP contribution in [-0.2, 0) is 0 Å². The molecular weight excluding hydrogens is 322 g/mol. The average molecular weight is 341 g/mol. The zero-order valence-corrected chi connectivity index (χ0v) is 14.6. The van der Waals surface area contributed by atoms with Crippen LogP contribution < -0.4 is 0 Å². The SMILES string of the molecule is CN=C(SC)N1CCCC[C@@H]1c1nnn(-c2ccc(C#N)cc2)n1. The predicted molar refractivity (Wildman–Crippen MR) is 94.0 cm³/mol. The van der Waals surface area contributed by atoms with Gasteiger partial charge in [0.25, 0.3) is 0 Å². The Labute approximate surface area is 145 Å². The minimum absolute atomic E-state index is 0.108. The molecule has 0 unspecified atom stereocenters. The highest BCUT2D eigenvalue weighted by molar-refractivity contribution is 8.13. The number of thioether (sulfide) groups is 1. The molecule has 2 heterocycles. The highest BCUT2D eigenvalue weighted by atomic mass is 32.2. The summed E-state index contributed by atoms with van der Waals surface area (Å²) in [7, 11) is 1.82. The van der Waals surface area contributed by atoms with E-state index < -0.39 is 0 Å². The van der Waals surface area contributed by atoms with Crippen molar-refractivity contribution in [3.63, 3.8) is 0 Å². The standard InChI is InChI=1S/C16H19N7S/c1-18-16(24-2)22-10-4-3-5-14(22)15-19-21-23(20-15)13-8-6-12(11-17)7-9-13/h6-9,14H,3-5,10H2,1-2H3/t14-/m1/s1. The maximum absolute atomic E-state index is 8.88. The zero-order valence-electron chi connectivity index (χ0n) is 13.8. The lowest BCUT2D eigenvalue weighted by Gasteiger charge is -2.35. The lowest BCUT2D eigenvalue weighted by molar-refractivity contribution is 0.239. The Bertz CT molecular complexity index is 759. The number of tetrazole rings is 1. The van der Waals surface area contributed by atoms with Crippen LogP contribution in [0.1, 0.15) is 36.7 Å². The van der Waals surface area contributed by atoms with Gasteiger partial charge in [-0.25, -0.2) is 0 Å². The van der Waals surface area contributed by atoms with Gasteiger partial charge in [-0.1, -0.05) is 11.8 Å². The van der Waals surface area contributed by atoms with Crippen molar-refractivity contribution in [3.8, 4) is 11.8 Å². The molecule has 8 heteroatoms. The summed E-state index contributed by atoms with van der Waals surface area (Å²) in [6, 6.07) is 9.36. The second-order valence-electron chi connectivity index (χ2n) is 5.51. The van der Waals surface area contributed by atoms with Gasteiger partial charge in [0, 0.05) is 13.6 Å². The zero-order chi connectivity index (χ0) is 16.9. The van der Waals surface area contributed by atoms with Gasteiger partial charge in [-0.3, -0.25) is 4.99 Å². The molecule has 0 bridgehead atoms. The fraction of sp³-hybridized carbons (Fsp3) is 0.438. The molecule has 0 spiro atoms. The van der Waals surface area contributed by atoms with Gasteiger partial charge in [0.15, 0.2) is 11.0 Å². The summed E-state index contributed by atoms with van der Waals surface area (Å²) in [4.78, 5) is 8.17. The van der Waals surface area contributed by atoms with E-state index in [9.17, 15) is 0 Å². The first kappa shape index (κ1) is 16.5. The van der Waals surface area contributed by atoms with Crippen LogP contribution in [0.15, 0.2) is 29.3 Å². The number of benzene rings is 1. The molecule has 0 amide bonds. The van der Waals surface area contributed by atoms with Gasteiger partial charge in [-0.2, -0.15) is 5.26 Å². The first-order valence-corrected chi connectivity index (χ1v) is 9.07. The van der Waals surface area contributed by atoms with Gasteiger partial charge in [0.2, 0.25) is 0 Å². The maximum atomic E-state index is 8.88. The topological polar surface area (TPSA) is 83.0 Å². The molecule has 1 atom stereocenters. The molecule has 24 heavy (non-hydrogen) atoms. The fourth-order valence-corrected chi connectivity index (χ4v) is 3.54. The first-order valence-electron chi connectivity index (χ1n) is 7.84. The van der Waals surface area contributed by atoms with Crippen molar-refractivity contribution in [1.29, 1.82) is 5.26 Å². The monoisotopic (exact) mass is 341 g/mol. The number of aliphatic imine (C=N–C) groups is 1. The fourth-order valence-electron chi connectivity index (χ4n) is 2.90. The summed E-state index contributed by atoms with van der Waals surface area (Å²) in [5, 5.41) is 22.9. The van der Waals surface area contributed by atoms with E-state index in [4.69, 9.17) is 5.26 Å². The average Bonchev–Trinajstić information content (AvgIpc) is 3.13. The van der Waals surface area contributed by atoms with E-state index >= 15 is 0 Å². The number of aromatic nitrogens is 4. The molecule has 7 nitrogen and oxygen atoms in total. The van der Waals surface area contributed by atoms with Crippen molar-refractivity contribution in [1.82, 2.24) is 25.1 Å². The number of hydrogen-bond acceptors (Lipinski definition) is 6. The number of nitrogens with zero attached hydrogens (tertiary/aromatic N) is 7. The molecule has 0 radical (unpaired) electrons. The van der Waals surface area contributed by atoms with Crippen molar-refractivity contribution >= 4 is 16.9 Å². The van der Waals surface area contributed by atoms with Crippen LogP contribution in [0.5, 0.6) is 0 Å².